The third kappa shape index (κ3) is 1.89. The fourth-order valence-corrected chi connectivity index (χ4v) is 1.64. The van der Waals surface area contributed by atoms with E-state index in [4.69, 9.17) is 22.1 Å². The van der Waals surface area contributed by atoms with Gasteiger partial charge in [0.05, 0.1) is 18.2 Å². The van der Waals surface area contributed by atoms with E-state index in [0.29, 0.717) is 17.4 Å². The van der Waals surface area contributed by atoms with Gasteiger partial charge in [-0.1, -0.05) is 17.7 Å². The van der Waals surface area contributed by atoms with Crippen LogP contribution in [-0.4, -0.2) is 18.2 Å². The van der Waals surface area contributed by atoms with Crippen LogP contribution in [0, 0.1) is 0 Å². The molecule has 2 N–H and O–H groups in total. The second-order valence-electron chi connectivity index (χ2n) is 3.14. The van der Waals surface area contributed by atoms with E-state index < -0.39 is 0 Å². The van der Waals surface area contributed by atoms with Gasteiger partial charge in [-0.05, 0) is 18.1 Å². The summed E-state index contributed by atoms with van der Waals surface area (Å²) >= 11 is 5.86. The van der Waals surface area contributed by atoms with E-state index in [-0.39, 0.29) is 0 Å². The van der Waals surface area contributed by atoms with Crippen molar-refractivity contribution in [2.45, 2.75) is 6.42 Å². The lowest BCUT2D eigenvalue weighted by molar-refractivity contribution is 0.161. The molecule has 0 amide bonds. The lowest BCUT2D eigenvalue weighted by Gasteiger charge is -2.14. The van der Waals surface area contributed by atoms with Crippen LogP contribution in [0.15, 0.2) is 18.3 Å². The first-order valence-electron chi connectivity index (χ1n) is 4.45. The minimum atomic E-state index is 0.530. The summed E-state index contributed by atoms with van der Waals surface area (Å²) in [5.41, 5.74) is 7.87. The molecule has 1 aromatic heterocycles. The maximum atomic E-state index is 5.86. The SMILES string of the molecule is Nc1ncc(Cl)cc1C1=CCOCC1. The van der Waals surface area contributed by atoms with Crippen molar-refractivity contribution >= 4 is 23.0 Å². The molecule has 0 saturated heterocycles. The van der Waals surface area contributed by atoms with E-state index in [2.05, 4.69) is 4.98 Å². The Labute approximate surface area is 87.5 Å². The van der Waals surface area contributed by atoms with E-state index >= 15 is 0 Å². The number of pyridine rings is 1. The van der Waals surface area contributed by atoms with E-state index in [1.54, 1.807) is 6.20 Å². The van der Waals surface area contributed by atoms with Crippen LogP contribution in [0.2, 0.25) is 5.02 Å². The highest BCUT2D eigenvalue weighted by Crippen LogP contribution is 2.26. The van der Waals surface area contributed by atoms with Crippen molar-refractivity contribution < 1.29 is 4.74 Å². The highest BCUT2D eigenvalue weighted by Gasteiger charge is 2.10. The number of nitrogens with two attached hydrogens (primary N) is 1. The maximum Gasteiger partial charge on any atom is 0.130 e. The zero-order valence-electron chi connectivity index (χ0n) is 7.66. The number of nitrogens with zero attached hydrogens (tertiary/aromatic N) is 1. The molecule has 0 fully saturated rings. The molecule has 0 spiro atoms. The third-order valence-corrected chi connectivity index (χ3v) is 2.40. The van der Waals surface area contributed by atoms with Gasteiger partial charge in [0.2, 0.25) is 0 Å². The van der Waals surface area contributed by atoms with E-state index in [1.165, 1.54) is 5.57 Å². The van der Waals surface area contributed by atoms with Gasteiger partial charge in [0.25, 0.3) is 0 Å². The number of aromatic nitrogens is 1. The van der Waals surface area contributed by atoms with Crippen LogP contribution >= 0.6 is 11.6 Å². The van der Waals surface area contributed by atoms with E-state index in [1.807, 2.05) is 12.1 Å². The van der Waals surface area contributed by atoms with Crippen LogP contribution in [0.4, 0.5) is 5.82 Å². The van der Waals surface area contributed by atoms with Gasteiger partial charge < -0.3 is 10.5 Å². The highest BCUT2D eigenvalue weighted by atomic mass is 35.5. The first-order chi connectivity index (χ1) is 6.77. The predicted octanol–water partition coefficient (Wildman–Crippen LogP) is 2.12. The number of hydrogen-bond donors (Lipinski definition) is 1. The average molecular weight is 211 g/mol. The molecule has 1 aliphatic rings. The van der Waals surface area contributed by atoms with Gasteiger partial charge in [-0.25, -0.2) is 4.98 Å². The Morgan fingerprint density at radius 1 is 1.50 bits per heavy atom. The Balaban J connectivity index is 2.39. The van der Waals surface area contributed by atoms with Crippen molar-refractivity contribution in [3.8, 4) is 0 Å². The molecule has 0 aliphatic carbocycles. The molecule has 0 saturated carbocycles. The Bertz CT molecular complexity index is 376. The normalized spacial score (nSPS) is 16.5. The van der Waals surface area contributed by atoms with Crippen molar-refractivity contribution in [3.63, 3.8) is 0 Å². The minimum Gasteiger partial charge on any atom is -0.383 e. The van der Waals surface area contributed by atoms with Crippen molar-refractivity contribution in [3.05, 3.63) is 28.9 Å². The summed E-state index contributed by atoms with van der Waals surface area (Å²) in [4.78, 5) is 4.02. The van der Waals surface area contributed by atoms with E-state index in [0.717, 1.165) is 18.6 Å². The van der Waals surface area contributed by atoms with E-state index in [9.17, 15) is 0 Å². The Morgan fingerprint density at radius 2 is 2.36 bits per heavy atom. The number of anilines is 1. The summed E-state index contributed by atoms with van der Waals surface area (Å²) in [7, 11) is 0. The molecule has 0 radical (unpaired) electrons. The van der Waals surface area contributed by atoms with Gasteiger partial charge in [-0.2, -0.15) is 0 Å². The molecule has 1 aliphatic heterocycles. The molecular formula is C10H11ClN2O. The van der Waals surface area contributed by atoms with Gasteiger partial charge in [0.15, 0.2) is 0 Å². The lowest BCUT2D eigenvalue weighted by atomic mass is 10.0. The summed E-state index contributed by atoms with van der Waals surface area (Å²) < 4.78 is 5.22. The second-order valence-corrected chi connectivity index (χ2v) is 3.58. The molecule has 0 atom stereocenters. The molecule has 74 valence electrons. The van der Waals surface area contributed by atoms with Gasteiger partial charge >= 0.3 is 0 Å². The summed E-state index contributed by atoms with van der Waals surface area (Å²) in [6, 6.07) is 1.85. The Hall–Kier alpha value is -1.06. The number of halogens is 1. The molecule has 0 aromatic carbocycles. The van der Waals surface area contributed by atoms with Gasteiger partial charge in [-0.3, -0.25) is 0 Å². The zero-order valence-corrected chi connectivity index (χ0v) is 8.42. The summed E-state index contributed by atoms with van der Waals surface area (Å²) in [6.45, 7) is 1.37. The first-order valence-corrected chi connectivity index (χ1v) is 4.83. The first kappa shape index (κ1) is 9.49. The second kappa shape index (κ2) is 3.98. The third-order valence-electron chi connectivity index (χ3n) is 2.19. The molecule has 2 rings (SSSR count). The van der Waals surface area contributed by atoms with Crippen LogP contribution in [0.5, 0.6) is 0 Å². The van der Waals surface area contributed by atoms with Crippen molar-refractivity contribution in [2.24, 2.45) is 0 Å². The topological polar surface area (TPSA) is 48.1 Å². The van der Waals surface area contributed by atoms with Crippen LogP contribution in [0.1, 0.15) is 12.0 Å². The predicted molar refractivity (Wildman–Crippen MR) is 57.1 cm³/mol. The zero-order chi connectivity index (χ0) is 9.97. The van der Waals surface area contributed by atoms with Gasteiger partial charge in [0.1, 0.15) is 5.82 Å². The van der Waals surface area contributed by atoms with Crippen LogP contribution in [0.25, 0.3) is 5.57 Å². The Morgan fingerprint density at radius 3 is 3.07 bits per heavy atom. The molecule has 2 heterocycles. The smallest absolute Gasteiger partial charge is 0.130 e. The lowest BCUT2D eigenvalue weighted by Crippen LogP contribution is -2.06. The van der Waals surface area contributed by atoms with Crippen LogP contribution in [-0.2, 0) is 4.74 Å². The van der Waals surface area contributed by atoms with Crippen molar-refractivity contribution in [1.82, 2.24) is 4.98 Å². The highest BCUT2D eigenvalue weighted by molar-refractivity contribution is 6.30. The molecule has 0 unspecified atom stereocenters. The van der Waals surface area contributed by atoms with Gasteiger partial charge in [0, 0.05) is 11.8 Å². The number of ether oxygens (including phenoxy) is 1. The number of rotatable bonds is 1. The molecule has 3 nitrogen and oxygen atoms in total. The number of nitrogen functional groups attached to an aromatic ring is 1. The molecular weight excluding hydrogens is 200 g/mol. The Kier molecular flexibility index (Phi) is 2.70. The summed E-state index contributed by atoms with van der Waals surface area (Å²) in [5, 5.41) is 0.613. The molecule has 4 heteroatoms. The molecule has 0 bridgehead atoms. The molecule has 1 aromatic rings. The number of hydrogen-bond acceptors (Lipinski definition) is 3. The molecule has 14 heavy (non-hydrogen) atoms. The average Bonchev–Trinajstić information content (AvgIpc) is 2.23. The van der Waals surface area contributed by atoms with Crippen molar-refractivity contribution in [1.29, 1.82) is 0 Å². The minimum absolute atomic E-state index is 0.530. The standard InChI is InChI=1S/C10H11ClN2O/c11-8-5-9(10(12)13-6-8)7-1-3-14-4-2-7/h1,5-6H,2-4H2,(H2,12,13). The summed E-state index contributed by atoms with van der Waals surface area (Å²) in [5.74, 6) is 0.530. The van der Waals surface area contributed by atoms with Gasteiger partial charge in [-0.15, -0.1) is 0 Å². The van der Waals surface area contributed by atoms with Crippen LogP contribution < -0.4 is 5.73 Å². The quantitative estimate of drug-likeness (QED) is 0.773. The summed E-state index contributed by atoms with van der Waals surface area (Å²) in [6.07, 6.45) is 4.44. The van der Waals surface area contributed by atoms with Crippen LogP contribution in [0.3, 0.4) is 0 Å². The van der Waals surface area contributed by atoms with Crippen molar-refractivity contribution in [2.75, 3.05) is 18.9 Å². The monoisotopic (exact) mass is 210 g/mol. The fraction of sp³-hybridized carbons (Fsp3) is 0.300. The maximum absolute atomic E-state index is 5.86. The fourth-order valence-electron chi connectivity index (χ4n) is 1.48. The largest absolute Gasteiger partial charge is 0.383 e.